The van der Waals surface area contributed by atoms with Crippen LogP contribution in [-0.4, -0.2) is 11.6 Å². The van der Waals surface area contributed by atoms with Crippen molar-refractivity contribution in [2.45, 2.75) is 109 Å². The van der Waals surface area contributed by atoms with Crippen molar-refractivity contribution < 1.29 is 0 Å². The zero-order valence-electron chi connectivity index (χ0n) is 17.0. The molecule has 25 heavy (non-hydrogen) atoms. The third-order valence-electron chi connectivity index (χ3n) is 9.99. The lowest BCUT2D eigenvalue weighted by Crippen LogP contribution is -2.69. The summed E-state index contributed by atoms with van der Waals surface area (Å²) in [5.41, 5.74) is 15.0. The highest BCUT2D eigenvalue weighted by Crippen LogP contribution is 2.67. The maximum Gasteiger partial charge on any atom is 0.0212 e. The van der Waals surface area contributed by atoms with E-state index in [0.29, 0.717) is 17.4 Å². The maximum atomic E-state index is 7.08. The zero-order valence-corrected chi connectivity index (χ0v) is 17.0. The summed E-state index contributed by atoms with van der Waals surface area (Å²) in [6.07, 6.45) is 16.2. The van der Waals surface area contributed by atoms with Crippen LogP contribution in [0.3, 0.4) is 0 Å². The lowest BCUT2D eigenvalue weighted by atomic mass is 9.41. The van der Waals surface area contributed by atoms with Gasteiger partial charge in [0.1, 0.15) is 0 Å². The first kappa shape index (κ1) is 18.3. The zero-order chi connectivity index (χ0) is 17.9. The third kappa shape index (κ3) is 2.49. The minimum absolute atomic E-state index is 0.0675. The van der Waals surface area contributed by atoms with E-state index in [1.807, 2.05) is 0 Å². The van der Waals surface area contributed by atoms with E-state index in [2.05, 4.69) is 20.8 Å². The van der Waals surface area contributed by atoms with Crippen molar-refractivity contribution in [3.05, 3.63) is 0 Å². The molecule has 8 atom stereocenters. The lowest BCUT2D eigenvalue weighted by molar-refractivity contribution is -0.131. The maximum absolute atomic E-state index is 7.08. The molecule has 8 unspecified atom stereocenters. The minimum Gasteiger partial charge on any atom is -0.327 e. The van der Waals surface area contributed by atoms with Crippen LogP contribution in [0, 0.1) is 34.5 Å². The van der Waals surface area contributed by atoms with Crippen LogP contribution in [0.1, 0.15) is 97.8 Å². The Morgan fingerprint density at radius 3 is 2.52 bits per heavy atom. The van der Waals surface area contributed by atoms with Crippen molar-refractivity contribution in [1.29, 1.82) is 0 Å². The molecule has 4 aliphatic carbocycles. The molecule has 0 aromatic rings. The van der Waals surface area contributed by atoms with Crippen LogP contribution in [0.15, 0.2) is 0 Å². The number of rotatable bonds is 3. The van der Waals surface area contributed by atoms with Crippen LogP contribution in [-0.2, 0) is 0 Å². The van der Waals surface area contributed by atoms with E-state index in [-0.39, 0.29) is 11.0 Å². The monoisotopic (exact) mass is 346 g/mol. The van der Waals surface area contributed by atoms with Gasteiger partial charge in [0.2, 0.25) is 0 Å². The second-order valence-corrected chi connectivity index (χ2v) is 10.9. The predicted octanol–water partition coefficient (Wildman–Crippen LogP) is 5.24. The largest absolute Gasteiger partial charge is 0.327 e. The van der Waals surface area contributed by atoms with Crippen LogP contribution in [0.4, 0.5) is 0 Å². The van der Waals surface area contributed by atoms with Crippen LogP contribution >= 0.6 is 0 Å². The van der Waals surface area contributed by atoms with E-state index in [9.17, 15) is 0 Å². The Kier molecular flexibility index (Phi) is 4.56. The van der Waals surface area contributed by atoms with Gasteiger partial charge in [0, 0.05) is 11.6 Å². The van der Waals surface area contributed by atoms with Crippen LogP contribution in [0.25, 0.3) is 0 Å². The van der Waals surface area contributed by atoms with Crippen LogP contribution in [0.5, 0.6) is 0 Å². The predicted molar refractivity (Wildman–Crippen MR) is 106 cm³/mol. The number of hydrogen-bond donors (Lipinski definition) is 2. The molecular weight excluding hydrogens is 304 g/mol. The Morgan fingerprint density at radius 2 is 1.76 bits per heavy atom. The van der Waals surface area contributed by atoms with Gasteiger partial charge in [-0.3, -0.25) is 0 Å². The average molecular weight is 347 g/mol. The van der Waals surface area contributed by atoms with Gasteiger partial charge in [-0.25, -0.2) is 0 Å². The quantitative estimate of drug-likeness (QED) is 0.734. The van der Waals surface area contributed by atoms with Gasteiger partial charge in [-0.05, 0) is 85.9 Å². The second-order valence-electron chi connectivity index (χ2n) is 10.9. The summed E-state index contributed by atoms with van der Waals surface area (Å²) in [4.78, 5) is 0. The van der Waals surface area contributed by atoms with Gasteiger partial charge < -0.3 is 11.5 Å². The Labute approximate surface area is 155 Å². The van der Waals surface area contributed by atoms with Crippen LogP contribution in [0.2, 0.25) is 0 Å². The highest BCUT2D eigenvalue weighted by Gasteiger charge is 2.64. The Balaban J connectivity index is 1.64. The summed E-state index contributed by atoms with van der Waals surface area (Å²) in [7, 11) is 0. The van der Waals surface area contributed by atoms with E-state index in [4.69, 9.17) is 11.5 Å². The molecule has 0 aromatic heterocycles. The topological polar surface area (TPSA) is 52.0 Å². The van der Waals surface area contributed by atoms with E-state index in [1.165, 1.54) is 77.0 Å². The molecule has 0 bridgehead atoms. The Morgan fingerprint density at radius 1 is 1.00 bits per heavy atom. The first-order valence-corrected chi connectivity index (χ1v) is 11.4. The fraction of sp³-hybridized carbons (Fsp3) is 1.00. The van der Waals surface area contributed by atoms with Gasteiger partial charge in [0.05, 0.1) is 0 Å². The van der Waals surface area contributed by atoms with Gasteiger partial charge in [0.25, 0.3) is 0 Å². The number of fused-ring (bicyclic) bond motifs is 5. The summed E-state index contributed by atoms with van der Waals surface area (Å²) in [6, 6.07) is 0.375. The fourth-order valence-electron chi connectivity index (χ4n) is 8.62. The average Bonchev–Trinajstić information content (AvgIpc) is 2.89. The van der Waals surface area contributed by atoms with Crippen molar-refractivity contribution in [3.63, 3.8) is 0 Å². The lowest BCUT2D eigenvalue weighted by Gasteiger charge is -2.66. The molecule has 4 aliphatic rings. The van der Waals surface area contributed by atoms with E-state index < -0.39 is 0 Å². The van der Waals surface area contributed by atoms with Crippen LogP contribution < -0.4 is 11.5 Å². The molecule has 4 saturated carbocycles. The first-order valence-electron chi connectivity index (χ1n) is 11.4. The van der Waals surface area contributed by atoms with Crippen molar-refractivity contribution >= 4 is 0 Å². The number of unbranched alkanes of at least 4 members (excludes halogenated alkanes) is 1. The van der Waals surface area contributed by atoms with Gasteiger partial charge in [-0.1, -0.05) is 46.5 Å². The summed E-state index contributed by atoms with van der Waals surface area (Å²) in [6.45, 7) is 7.49. The number of hydrogen-bond acceptors (Lipinski definition) is 2. The molecule has 0 amide bonds. The first-order chi connectivity index (χ1) is 11.9. The molecule has 0 aromatic carbocycles. The molecule has 144 valence electrons. The van der Waals surface area contributed by atoms with Gasteiger partial charge in [0.15, 0.2) is 0 Å². The molecule has 0 aliphatic heterocycles. The molecule has 0 heterocycles. The van der Waals surface area contributed by atoms with Crippen molar-refractivity contribution in [2.75, 3.05) is 0 Å². The third-order valence-corrected chi connectivity index (χ3v) is 9.99. The molecule has 2 heteroatoms. The van der Waals surface area contributed by atoms with Crippen molar-refractivity contribution in [2.24, 2.45) is 46.0 Å². The number of nitrogens with two attached hydrogens (primary N) is 2. The molecule has 4 N–H and O–H groups in total. The molecule has 0 radical (unpaired) electrons. The van der Waals surface area contributed by atoms with Gasteiger partial charge in [-0.2, -0.15) is 0 Å². The molecule has 4 rings (SSSR count). The highest BCUT2D eigenvalue weighted by molar-refractivity contribution is 5.17. The van der Waals surface area contributed by atoms with Gasteiger partial charge in [-0.15, -0.1) is 0 Å². The van der Waals surface area contributed by atoms with E-state index >= 15 is 0 Å². The standard InChI is InChI=1S/C23H42N2/c1-4-5-8-16-9-10-18-17-11-14-23(25)13-7-6-12-22(23,3)20(17)19(24)15-21(16,18)2/h16-20H,4-15,24-25H2,1-3H3. The summed E-state index contributed by atoms with van der Waals surface area (Å²) in [5, 5.41) is 0. The molecule has 0 saturated heterocycles. The smallest absolute Gasteiger partial charge is 0.0212 e. The Hall–Kier alpha value is -0.0800. The van der Waals surface area contributed by atoms with Crippen molar-refractivity contribution in [1.82, 2.24) is 0 Å². The molecule has 2 nitrogen and oxygen atoms in total. The van der Waals surface area contributed by atoms with E-state index in [1.54, 1.807) is 0 Å². The fourth-order valence-corrected chi connectivity index (χ4v) is 8.62. The van der Waals surface area contributed by atoms with Crippen molar-refractivity contribution in [3.8, 4) is 0 Å². The molecular formula is C23H42N2. The molecule has 0 spiro atoms. The normalized spacial score (nSPS) is 55.3. The second kappa shape index (κ2) is 6.23. The highest BCUT2D eigenvalue weighted by atomic mass is 14.9. The summed E-state index contributed by atoms with van der Waals surface area (Å²) in [5.74, 6) is 3.37. The molecule has 4 fully saturated rings. The van der Waals surface area contributed by atoms with E-state index in [0.717, 1.165) is 17.8 Å². The summed E-state index contributed by atoms with van der Waals surface area (Å²) >= 11 is 0. The van der Waals surface area contributed by atoms with Gasteiger partial charge >= 0.3 is 0 Å². The Bertz CT molecular complexity index is 504. The minimum atomic E-state index is 0.0675. The summed E-state index contributed by atoms with van der Waals surface area (Å²) < 4.78 is 0. The SMILES string of the molecule is CCCCC1CCC2C3CCC4(N)CCCCC4(C)C3C(N)CC12C.